The lowest BCUT2D eigenvalue weighted by Gasteiger charge is -2.17. The standard InChI is InChI=1S/C18H18N2O3/c21-14(9-6-11-4-2-1-3-5-11)19-20-17(22)15-12-7-8-13(10-12)16(15)18(20)23/h1-5,7-8,12-13,15-16H,6,9-10H2,(H,19,21)/t12-,13+,15-,16-/m0/s1. The molecule has 1 N–H and O–H groups in total. The Morgan fingerprint density at radius 3 is 2.26 bits per heavy atom. The number of benzene rings is 1. The molecule has 5 nitrogen and oxygen atoms in total. The Morgan fingerprint density at radius 1 is 1.04 bits per heavy atom. The molecule has 0 spiro atoms. The molecule has 2 aliphatic carbocycles. The summed E-state index contributed by atoms with van der Waals surface area (Å²) in [6.07, 6.45) is 5.81. The van der Waals surface area contributed by atoms with E-state index in [1.165, 1.54) is 0 Å². The van der Waals surface area contributed by atoms with Gasteiger partial charge in [0.05, 0.1) is 11.8 Å². The van der Waals surface area contributed by atoms with Crippen molar-refractivity contribution < 1.29 is 14.4 Å². The number of hydrogen-bond donors (Lipinski definition) is 1. The maximum atomic E-state index is 12.5. The number of rotatable bonds is 4. The van der Waals surface area contributed by atoms with Gasteiger partial charge in [-0.15, -0.1) is 0 Å². The van der Waals surface area contributed by atoms with Gasteiger partial charge < -0.3 is 0 Å². The van der Waals surface area contributed by atoms with Crippen LogP contribution in [0, 0.1) is 23.7 Å². The number of amides is 3. The molecular weight excluding hydrogens is 292 g/mol. The van der Waals surface area contributed by atoms with E-state index in [9.17, 15) is 14.4 Å². The minimum atomic E-state index is -0.296. The van der Waals surface area contributed by atoms with Gasteiger partial charge in [0, 0.05) is 6.42 Å². The smallest absolute Gasteiger partial charge is 0.252 e. The molecule has 5 heteroatoms. The number of carbonyl (C=O) groups excluding carboxylic acids is 3. The number of nitrogens with one attached hydrogen (secondary N) is 1. The molecule has 4 atom stereocenters. The third-order valence-corrected chi connectivity index (χ3v) is 5.19. The fourth-order valence-electron chi connectivity index (χ4n) is 4.10. The molecule has 1 saturated carbocycles. The molecule has 3 amide bonds. The predicted molar refractivity (Wildman–Crippen MR) is 82.5 cm³/mol. The van der Waals surface area contributed by atoms with E-state index >= 15 is 0 Å². The quantitative estimate of drug-likeness (QED) is 0.676. The second kappa shape index (κ2) is 5.33. The van der Waals surface area contributed by atoms with Crippen molar-refractivity contribution in [1.29, 1.82) is 0 Å². The first-order valence-corrected chi connectivity index (χ1v) is 8.04. The van der Waals surface area contributed by atoms with Crippen LogP contribution in [0.4, 0.5) is 0 Å². The zero-order valence-corrected chi connectivity index (χ0v) is 12.6. The van der Waals surface area contributed by atoms with Gasteiger partial charge >= 0.3 is 0 Å². The van der Waals surface area contributed by atoms with Gasteiger partial charge in [-0.1, -0.05) is 42.5 Å². The van der Waals surface area contributed by atoms with Crippen molar-refractivity contribution in [2.45, 2.75) is 19.3 Å². The number of hydrogen-bond acceptors (Lipinski definition) is 3. The summed E-state index contributed by atoms with van der Waals surface area (Å²) in [6, 6.07) is 9.67. The van der Waals surface area contributed by atoms with E-state index in [4.69, 9.17) is 0 Å². The van der Waals surface area contributed by atoms with Crippen molar-refractivity contribution in [3.8, 4) is 0 Å². The summed E-state index contributed by atoms with van der Waals surface area (Å²) in [5.41, 5.74) is 3.57. The summed E-state index contributed by atoms with van der Waals surface area (Å²) in [5.74, 6) is -1.01. The Bertz CT molecular complexity index is 667. The van der Waals surface area contributed by atoms with Gasteiger partial charge in [0.15, 0.2) is 0 Å². The molecule has 0 aromatic heterocycles. The van der Waals surface area contributed by atoms with E-state index < -0.39 is 0 Å². The maximum absolute atomic E-state index is 12.5. The summed E-state index contributed by atoms with van der Waals surface area (Å²) in [5, 5.41) is 0.967. The predicted octanol–water partition coefficient (Wildman–Crippen LogP) is 1.46. The van der Waals surface area contributed by atoms with Crippen molar-refractivity contribution in [2.24, 2.45) is 23.7 Å². The number of allylic oxidation sites excluding steroid dienone is 2. The van der Waals surface area contributed by atoms with Crippen LogP contribution < -0.4 is 5.43 Å². The largest absolute Gasteiger partial charge is 0.273 e. The Kier molecular flexibility index (Phi) is 3.29. The van der Waals surface area contributed by atoms with Crippen molar-refractivity contribution in [3.63, 3.8) is 0 Å². The van der Waals surface area contributed by atoms with Gasteiger partial charge in [-0.3, -0.25) is 19.8 Å². The number of aryl methyl sites for hydroxylation is 1. The average Bonchev–Trinajstić information content (AvgIpc) is 3.24. The molecule has 1 heterocycles. The van der Waals surface area contributed by atoms with E-state index in [2.05, 4.69) is 5.43 Å². The highest BCUT2D eigenvalue weighted by atomic mass is 16.2. The molecular formula is C18H18N2O3. The van der Waals surface area contributed by atoms with Crippen molar-refractivity contribution in [1.82, 2.24) is 10.4 Å². The molecule has 0 unspecified atom stereocenters. The Labute approximate surface area is 134 Å². The Hall–Kier alpha value is -2.43. The van der Waals surface area contributed by atoms with Crippen LogP contribution in [0.2, 0.25) is 0 Å². The topological polar surface area (TPSA) is 66.5 Å². The van der Waals surface area contributed by atoms with Gasteiger partial charge in [-0.05, 0) is 30.2 Å². The third kappa shape index (κ3) is 2.27. The van der Waals surface area contributed by atoms with Crippen LogP contribution in [0.3, 0.4) is 0 Å². The second-order valence-corrected chi connectivity index (χ2v) is 6.53. The van der Waals surface area contributed by atoms with E-state index in [-0.39, 0.29) is 47.8 Å². The summed E-state index contributed by atoms with van der Waals surface area (Å²) >= 11 is 0. The maximum Gasteiger partial charge on any atom is 0.252 e. The molecule has 2 bridgehead atoms. The third-order valence-electron chi connectivity index (χ3n) is 5.19. The Balaban J connectivity index is 1.39. The van der Waals surface area contributed by atoms with E-state index in [0.29, 0.717) is 6.42 Å². The lowest BCUT2D eigenvalue weighted by Crippen LogP contribution is -2.47. The van der Waals surface area contributed by atoms with Crippen molar-refractivity contribution in [2.75, 3.05) is 0 Å². The van der Waals surface area contributed by atoms with Crippen LogP contribution in [0.25, 0.3) is 0 Å². The van der Waals surface area contributed by atoms with Crippen LogP contribution in [-0.2, 0) is 20.8 Å². The molecule has 1 aliphatic heterocycles. The lowest BCUT2D eigenvalue weighted by molar-refractivity contribution is -0.149. The van der Waals surface area contributed by atoms with Gasteiger partial charge in [0.25, 0.3) is 11.8 Å². The lowest BCUT2D eigenvalue weighted by atomic mass is 9.85. The molecule has 1 aromatic rings. The van der Waals surface area contributed by atoms with E-state index in [1.54, 1.807) is 0 Å². The van der Waals surface area contributed by atoms with Crippen LogP contribution in [0.5, 0.6) is 0 Å². The van der Waals surface area contributed by atoms with Crippen LogP contribution in [0.15, 0.2) is 42.5 Å². The van der Waals surface area contributed by atoms with Gasteiger partial charge in [-0.2, -0.15) is 5.01 Å². The number of fused-ring (bicyclic) bond motifs is 5. The van der Waals surface area contributed by atoms with Gasteiger partial charge in [-0.25, -0.2) is 0 Å². The van der Waals surface area contributed by atoms with Gasteiger partial charge in [0.1, 0.15) is 0 Å². The molecule has 118 valence electrons. The summed E-state index contributed by atoms with van der Waals surface area (Å²) in [7, 11) is 0. The van der Waals surface area contributed by atoms with Crippen LogP contribution in [0.1, 0.15) is 18.4 Å². The van der Waals surface area contributed by atoms with Gasteiger partial charge in [0.2, 0.25) is 5.91 Å². The summed E-state index contributed by atoms with van der Waals surface area (Å²) in [6.45, 7) is 0. The first-order chi connectivity index (χ1) is 11.1. The SMILES string of the molecule is O=C(CCc1ccccc1)NN1C(=O)[C@@H]2[C@@H](C1=O)[C@H]1C=C[C@@H]2C1. The zero-order valence-electron chi connectivity index (χ0n) is 12.6. The number of imide groups is 1. The highest BCUT2D eigenvalue weighted by molar-refractivity contribution is 6.07. The monoisotopic (exact) mass is 310 g/mol. The highest BCUT2D eigenvalue weighted by Crippen LogP contribution is 2.52. The molecule has 1 aromatic carbocycles. The first kappa shape index (κ1) is 14.2. The van der Waals surface area contributed by atoms with Crippen molar-refractivity contribution >= 4 is 17.7 Å². The molecule has 2 fully saturated rings. The number of nitrogens with zero attached hydrogens (tertiary/aromatic N) is 1. The number of carbonyl (C=O) groups is 3. The zero-order chi connectivity index (χ0) is 16.0. The minimum absolute atomic E-state index is 0.160. The van der Waals surface area contributed by atoms with E-state index in [0.717, 1.165) is 17.0 Å². The normalized spacial score (nSPS) is 30.9. The first-order valence-electron chi connectivity index (χ1n) is 8.04. The summed E-state index contributed by atoms with van der Waals surface area (Å²) in [4.78, 5) is 37.0. The molecule has 1 saturated heterocycles. The fraction of sp³-hybridized carbons (Fsp3) is 0.389. The van der Waals surface area contributed by atoms with Crippen molar-refractivity contribution in [3.05, 3.63) is 48.0 Å². The molecule has 3 aliphatic rings. The minimum Gasteiger partial charge on any atom is -0.273 e. The second-order valence-electron chi connectivity index (χ2n) is 6.53. The van der Waals surface area contributed by atoms with E-state index in [1.807, 2.05) is 42.5 Å². The highest BCUT2D eigenvalue weighted by Gasteiger charge is 2.59. The van der Waals surface area contributed by atoms with Crippen LogP contribution >= 0.6 is 0 Å². The Morgan fingerprint density at radius 2 is 1.65 bits per heavy atom. The summed E-state index contributed by atoms with van der Waals surface area (Å²) < 4.78 is 0. The molecule has 4 rings (SSSR count). The molecule has 23 heavy (non-hydrogen) atoms. The van der Waals surface area contributed by atoms with Crippen LogP contribution in [-0.4, -0.2) is 22.7 Å². The molecule has 0 radical (unpaired) electrons. The fourth-order valence-corrected chi connectivity index (χ4v) is 4.10. The number of hydrazine groups is 1. The average molecular weight is 310 g/mol.